The third-order valence-electron chi connectivity index (χ3n) is 0.651. The van der Waals surface area contributed by atoms with Gasteiger partial charge in [0.25, 0.3) is 0 Å². The number of aliphatic hydroxyl groups is 2. The van der Waals surface area contributed by atoms with Gasteiger partial charge in [0, 0.05) is 0 Å². The molecule has 0 aliphatic rings. The van der Waals surface area contributed by atoms with Crippen LogP contribution in [-0.2, 0) is 9.59 Å². The molecular weight excluding hydrogens is 207 g/mol. The van der Waals surface area contributed by atoms with Crippen molar-refractivity contribution in [3.05, 3.63) is 0 Å². The summed E-state index contributed by atoms with van der Waals surface area (Å²) in [6, 6.07) is 0. The van der Waals surface area contributed by atoms with Gasteiger partial charge in [-0.3, -0.25) is 9.59 Å². The van der Waals surface area contributed by atoms with Crippen molar-refractivity contribution in [1.29, 1.82) is 0 Å². The first-order valence-corrected chi connectivity index (χ1v) is 3.20. The normalized spacial score (nSPS) is 7.54. The summed E-state index contributed by atoms with van der Waals surface area (Å²) in [5.74, 6) is -1.92. The van der Waals surface area contributed by atoms with Crippen LogP contribution in [0.2, 0.25) is 0 Å². The standard InChI is InChI=1S/2C3H6O3.K.H/c2*4-2-1-3(5)6;;/h2*4H,1-2H2,(H,5,6);;. The van der Waals surface area contributed by atoms with Gasteiger partial charge in [-0.15, -0.1) is 0 Å². The van der Waals surface area contributed by atoms with Gasteiger partial charge in [0.15, 0.2) is 0 Å². The van der Waals surface area contributed by atoms with Gasteiger partial charge in [-0.2, -0.15) is 0 Å². The molecular formula is C6H13KO6. The minimum atomic E-state index is -0.961. The minimum absolute atomic E-state index is 0. The molecule has 0 aliphatic heterocycles. The van der Waals surface area contributed by atoms with E-state index in [1.807, 2.05) is 0 Å². The summed E-state index contributed by atoms with van der Waals surface area (Å²) in [5, 5.41) is 31.2. The third-order valence-corrected chi connectivity index (χ3v) is 0.651. The second kappa shape index (κ2) is 15.0. The van der Waals surface area contributed by atoms with Crippen LogP contribution in [0.5, 0.6) is 0 Å². The van der Waals surface area contributed by atoms with Crippen molar-refractivity contribution >= 4 is 63.3 Å². The summed E-state index contributed by atoms with van der Waals surface area (Å²) < 4.78 is 0. The van der Waals surface area contributed by atoms with Crippen LogP contribution in [0, 0.1) is 0 Å². The molecule has 0 unspecified atom stereocenters. The van der Waals surface area contributed by atoms with Crippen LogP contribution in [-0.4, -0.2) is 97.0 Å². The molecule has 0 radical (unpaired) electrons. The molecule has 7 heteroatoms. The molecule has 0 atom stereocenters. The zero-order valence-corrected chi connectivity index (χ0v) is 6.43. The Hall–Kier alpha value is 0.496. The van der Waals surface area contributed by atoms with Gasteiger partial charge in [-0.05, 0) is 0 Å². The SMILES string of the molecule is O=C(O)CCO.O=C(O)CCO.[KH]. The van der Waals surface area contributed by atoms with Gasteiger partial charge in [0.2, 0.25) is 0 Å². The Kier molecular flexibility index (Phi) is 22.1. The van der Waals surface area contributed by atoms with Crippen molar-refractivity contribution in [2.24, 2.45) is 0 Å². The molecule has 0 amide bonds. The Morgan fingerprint density at radius 3 is 1.08 bits per heavy atom. The van der Waals surface area contributed by atoms with E-state index in [1.165, 1.54) is 0 Å². The summed E-state index contributed by atoms with van der Waals surface area (Å²) in [4.78, 5) is 18.9. The summed E-state index contributed by atoms with van der Waals surface area (Å²) in [7, 11) is 0. The topological polar surface area (TPSA) is 115 Å². The second-order valence-corrected chi connectivity index (χ2v) is 1.73. The molecule has 0 fully saturated rings. The van der Waals surface area contributed by atoms with Gasteiger partial charge in [0.05, 0.1) is 26.1 Å². The Bertz CT molecular complexity index is 121. The Balaban J connectivity index is -0.000000143. The van der Waals surface area contributed by atoms with Crippen LogP contribution < -0.4 is 0 Å². The van der Waals surface area contributed by atoms with Crippen molar-refractivity contribution < 1.29 is 30.0 Å². The van der Waals surface area contributed by atoms with E-state index in [9.17, 15) is 9.59 Å². The first kappa shape index (κ1) is 19.1. The summed E-state index contributed by atoms with van der Waals surface area (Å²) in [6.07, 6.45) is -0.306. The van der Waals surface area contributed by atoms with E-state index in [1.54, 1.807) is 0 Å². The number of aliphatic hydroxyl groups excluding tert-OH is 2. The number of hydrogen-bond acceptors (Lipinski definition) is 4. The van der Waals surface area contributed by atoms with E-state index in [4.69, 9.17) is 20.4 Å². The van der Waals surface area contributed by atoms with Gasteiger partial charge < -0.3 is 20.4 Å². The first-order valence-electron chi connectivity index (χ1n) is 3.20. The second-order valence-electron chi connectivity index (χ2n) is 1.73. The number of hydrogen-bond donors (Lipinski definition) is 4. The fourth-order valence-electron chi connectivity index (χ4n) is 0.191. The monoisotopic (exact) mass is 220 g/mol. The van der Waals surface area contributed by atoms with E-state index in [2.05, 4.69) is 0 Å². The van der Waals surface area contributed by atoms with Crippen LogP contribution in [0.3, 0.4) is 0 Å². The molecule has 13 heavy (non-hydrogen) atoms. The Labute approximate surface area is 118 Å². The van der Waals surface area contributed by atoms with E-state index < -0.39 is 11.9 Å². The predicted octanol–water partition coefficient (Wildman–Crippen LogP) is -1.74. The quantitative estimate of drug-likeness (QED) is 0.418. The van der Waals surface area contributed by atoms with Crippen molar-refractivity contribution in [2.75, 3.05) is 13.2 Å². The molecule has 0 heterocycles. The summed E-state index contributed by atoms with van der Waals surface area (Å²) >= 11 is 0. The number of aliphatic carboxylic acids is 2. The molecule has 4 N–H and O–H groups in total. The molecule has 0 spiro atoms. The molecule has 6 nitrogen and oxygen atoms in total. The molecule has 0 saturated heterocycles. The molecule has 0 saturated carbocycles. The maximum absolute atomic E-state index is 9.44. The summed E-state index contributed by atoms with van der Waals surface area (Å²) in [6.45, 7) is -0.537. The van der Waals surface area contributed by atoms with Gasteiger partial charge >= 0.3 is 63.3 Å². The number of carboxylic acids is 2. The average Bonchev–Trinajstić information content (AvgIpc) is 1.87. The van der Waals surface area contributed by atoms with Crippen LogP contribution in [0.15, 0.2) is 0 Å². The van der Waals surface area contributed by atoms with Gasteiger partial charge in [0.1, 0.15) is 0 Å². The van der Waals surface area contributed by atoms with Crippen molar-refractivity contribution in [3.63, 3.8) is 0 Å². The molecule has 0 rings (SSSR count). The van der Waals surface area contributed by atoms with Gasteiger partial charge in [-0.25, -0.2) is 0 Å². The predicted molar refractivity (Wildman–Crippen MR) is 45.8 cm³/mol. The zero-order chi connectivity index (χ0) is 9.98. The Morgan fingerprint density at radius 1 is 0.846 bits per heavy atom. The number of rotatable bonds is 4. The fraction of sp³-hybridized carbons (Fsp3) is 0.667. The van der Waals surface area contributed by atoms with Gasteiger partial charge in [-0.1, -0.05) is 0 Å². The van der Waals surface area contributed by atoms with Crippen LogP contribution in [0.4, 0.5) is 0 Å². The fourth-order valence-corrected chi connectivity index (χ4v) is 0.191. The third kappa shape index (κ3) is 32.6. The maximum atomic E-state index is 9.44. The van der Waals surface area contributed by atoms with E-state index in [-0.39, 0.29) is 77.4 Å². The molecule has 0 bridgehead atoms. The molecule has 0 aromatic rings. The van der Waals surface area contributed by atoms with Crippen LogP contribution in [0.25, 0.3) is 0 Å². The van der Waals surface area contributed by atoms with Crippen molar-refractivity contribution in [1.82, 2.24) is 0 Å². The average molecular weight is 220 g/mol. The number of carboxylic acid groups (broad SMARTS) is 2. The molecule has 0 aromatic heterocycles. The summed E-state index contributed by atoms with van der Waals surface area (Å²) in [5.41, 5.74) is 0. The van der Waals surface area contributed by atoms with Crippen molar-refractivity contribution in [3.8, 4) is 0 Å². The molecule has 0 aliphatic carbocycles. The van der Waals surface area contributed by atoms with Crippen molar-refractivity contribution in [2.45, 2.75) is 12.8 Å². The molecule has 74 valence electrons. The van der Waals surface area contributed by atoms with E-state index in [0.29, 0.717) is 0 Å². The van der Waals surface area contributed by atoms with Crippen LogP contribution >= 0.6 is 0 Å². The van der Waals surface area contributed by atoms with E-state index in [0.717, 1.165) is 0 Å². The molecule has 0 aromatic carbocycles. The van der Waals surface area contributed by atoms with E-state index >= 15 is 0 Å². The number of carbonyl (C=O) groups is 2. The zero-order valence-electron chi connectivity index (χ0n) is 6.43. The first-order chi connectivity index (χ1) is 5.54. The van der Waals surface area contributed by atoms with Crippen LogP contribution in [0.1, 0.15) is 12.8 Å². The Morgan fingerprint density at radius 2 is 1.08 bits per heavy atom.